The summed E-state index contributed by atoms with van der Waals surface area (Å²) in [5.41, 5.74) is 0. The summed E-state index contributed by atoms with van der Waals surface area (Å²) in [5.74, 6) is -0.307. The molecule has 0 radical (unpaired) electrons. The van der Waals surface area contributed by atoms with Gasteiger partial charge in [0, 0.05) is 31.3 Å². The van der Waals surface area contributed by atoms with Gasteiger partial charge < -0.3 is 19.7 Å². The van der Waals surface area contributed by atoms with Gasteiger partial charge in [-0.3, -0.25) is 4.79 Å². The number of nitrogens with zero attached hydrogens (tertiary/aromatic N) is 2. The molecular formula is C20H20F3N3O3. The summed E-state index contributed by atoms with van der Waals surface area (Å²) in [4.78, 5) is 18.7. The van der Waals surface area contributed by atoms with E-state index in [4.69, 9.17) is 4.74 Å². The van der Waals surface area contributed by atoms with Crippen molar-refractivity contribution in [1.29, 1.82) is 0 Å². The van der Waals surface area contributed by atoms with Gasteiger partial charge in [0.1, 0.15) is 17.7 Å². The third kappa shape index (κ3) is 4.55. The first kappa shape index (κ1) is 19.4. The summed E-state index contributed by atoms with van der Waals surface area (Å²) in [6.45, 7) is -1.63. The smallest absolute Gasteiger partial charge is 0.387 e. The molecule has 1 aromatic carbocycles. The molecule has 2 aliphatic rings. The van der Waals surface area contributed by atoms with Crippen LogP contribution in [0, 0.1) is 11.7 Å². The van der Waals surface area contributed by atoms with Gasteiger partial charge in [-0.1, -0.05) is 6.07 Å². The fraction of sp³-hybridized carbons (Fsp3) is 0.400. The predicted octanol–water partition coefficient (Wildman–Crippen LogP) is 2.98. The minimum Gasteiger partial charge on any atom is -0.486 e. The molecule has 154 valence electrons. The lowest BCUT2D eigenvalue weighted by Gasteiger charge is -2.42. The van der Waals surface area contributed by atoms with Crippen LogP contribution in [0.1, 0.15) is 12.8 Å². The Morgan fingerprint density at radius 2 is 1.97 bits per heavy atom. The molecule has 29 heavy (non-hydrogen) atoms. The molecule has 1 aliphatic carbocycles. The third-order valence-electron chi connectivity index (χ3n) is 5.08. The van der Waals surface area contributed by atoms with E-state index in [-0.39, 0.29) is 35.5 Å². The number of amides is 1. The molecule has 1 amide bonds. The van der Waals surface area contributed by atoms with Gasteiger partial charge in [0.05, 0.1) is 6.04 Å². The quantitative estimate of drug-likeness (QED) is 0.765. The molecule has 2 heterocycles. The molecule has 0 spiro atoms. The topological polar surface area (TPSA) is 63.7 Å². The Kier molecular flexibility index (Phi) is 5.46. The zero-order chi connectivity index (χ0) is 20.4. The van der Waals surface area contributed by atoms with Gasteiger partial charge in [-0.2, -0.15) is 8.78 Å². The number of hydrogen-bond acceptors (Lipinski definition) is 5. The first-order valence-corrected chi connectivity index (χ1v) is 9.35. The molecule has 1 aromatic heterocycles. The maximum Gasteiger partial charge on any atom is 0.387 e. The van der Waals surface area contributed by atoms with E-state index >= 15 is 0 Å². The monoisotopic (exact) mass is 407 g/mol. The summed E-state index contributed by atoms with van der Waals surface area (Å²) in [7, 11) is 0. The van der Waals surface area contributed by atoms with Crippen LogP contribution >= 0.6 is 0 Å². The molecule has 6 nitrogen and oxygen atoms in total. The van der Waals surface area contributed by atoms with Crippen LogP contribution in [0.3, 0.4) is 0 Å². The van der Waals surface area contributed by atoms with Crippen LogP contribution in [0.15, 0.2) is 42.6 Å². The van der Waals surface area contributed by atoms with E-state index in [9.17, 15) is 18.0 Å². The van der Waals surface area contributed by atoms with E-state index in [0.717, 1.165) is 24.0 Å². The van der Waals surface area contributed by atoms with Crippen molar-refractivity contribution in [3.05, 3.63) is 48.4 Å². The fourth-order valence-electron chi connectivity index (χ4n) is 3.44. The molecule has 0 bridgehead atoms. The van der Waals surface area contributed by atoms with E-state index in [0.29, 0.717) is 25.9 Å². The van der Waals surface area contributed by atoms with Crippen LogP contribution in [0.25, 0.3) is 0 Å². The number of halogens is 3. The van der Waals surface area contributed by atoms with Crippen LogP contribution in [-0.4, -0.2) is 42.7 Å². The van der Waals surface area contributed by atoms with Gasteiger partial charge in [-0.15, -0.1) is 0 Å². The largest absolute Gasteiger partial charge is 0.486 e. The zero-order valence-electron chi connectivity index (χ0n) is 15.4. The highest BCUT2D eigenvalue weighted by atomic mass is 19.3. The lowest BCUT2D eigenvalue weighted by molar-refractivity contribution is -0.131. The van der Waals surface area contributed by atoms with Gasteiger partial charge in [0.15, 0.2) is 11.5 Å². The fourth-order valence-corrected chi connectivity index (χ4v) is 3.44. The lowest BCUT2D eigenvalue weighted by Crippen LogP contribution is -2.61. The van der Waals surface area contributed by atoms with Gasteiger partial charge in [-0.05, 0) is 37.1 Å². The van der Waals surface area contributed by atoms with Crippen LogP contribution in [0.4, 0.5) is 19.0 Å². The second-order valence-electron chi connectivity index (χ2n) is 7.18. The van der Waals surface area contributed by atoms with Crippen molar-refractivity contribution in [3.8, 4) is 11.5 Å². The maximum absolute atomic E-state index is 13.4. The molecule has 0 unspecified atom stereocenters. The molecule has 4 rings (SSSR count). The van der Waals surface area contributed by atoms with Crippen molar-refractivity contribution in [1.82, 2.24) is 10.3 Å². The number of aromatic nitrogens is 1. The number of hydrogen-bond donors (Lipinski definition) is 1. The Bertz CT molecular complexity index is 857. The number of carbonyl (C=O) groups is 1. The van der Waals surface area contributed by atoms with E-state index in [1.165, 1.54) is 0 Å². The van der Waals surface area contributed by atoms with Crippen molar-refractivity contribution in [2.75, 3.05) is 18.0 Å². The van der Waals surface area contributed by atoms with Gasteiger partial charge in [0.2, 0.25) is 5.91 Å². The third-order valence-corrected chi connectivity index (χ3v) is 5.08. The Morgan fingerprint density at radius 3 is 2.66 bits per heavy atom. The minimum absolute atomic E-state index is 0.0567. The summed E-state index contributed by atoms with van der Waals surface area (Å²) in [6, 6.07) is 8.88. The van der Waals surface area contributed by atoms with Gasteiger partial charge in [-0.25, -0.2) is 9.37 Å². The molecule has 2 aromatic rings. The predicted molar refractivity (Wildman–Crippen MR) is 98.6 cm³/mol. The highest BCUT2D eigenvalue weighted by molar-refractivity contribution is 5.80. The van der Waals surface area contributed by atoms with E-state index in [1.807, 2.05) is 18.2 Å². The Labute approximate surface area is 165 Å². The maximum atomic E-state index is 13.4. The normalized spacial score (nSPS) is 21.3. The Morgan fingerprint density at radius 1 is 1.17 bits per heavy atom. The van der Waals surface area contributed by atoms with Crippen LogP contribution in [-0.2, 0) is 4.79 Å². The minimum atomic E-state index is -3.03. The molecule has 1 aliphatic heterocycles. The summed E-state index contributed by atoms with van der Waals surface area (Å²) in [6.07, 6.45) is 2.26. The van der Waals surface area contributed by atoms with Crippen LogP contribution < -0.4 is 19.7 Å². The number of anilines is 1. The van der Waals surface area contributed by atoms with Crippen LogP contribution in [0.2, 0.25) is 0 Å². The van der Waals surface area contributed by atoms with E-state index < -0.39 is 12.4 Å². The SMILES string of the molecule is O=C(NC1CN(c2ccccn2)C1)[C@H]1C[C@H](Oc2cc(F)ccc2OC(F)F)C1. The number of rotatable bonds is 7. The number of nitrogens with one attached hydrogen (secondary N) is 1. The second kappa shape index (κ2) is 8.18. The van der Waals surface area contributed by atoms with E-state index in [1.54, 1.807) is 6.20 Å². The van der Waals surface area contributed by atoms with Crippen molar-refractivity contribution < 1.29 is 27.4 Å². The second-order valence-corrected chi connectivity index (χ2v) is 7.18. The molecule has 2 fully saturated rings. The van der Waals surface area contributed by atoms with Crippen molar-refractivity contribution in [2.45, 2.75) is 31.6 Å². The Hall–Kier alpha value is -2.97. The summed E-state index contributed by atoms with van der Waals surface area (Å²) >= 11 is 0. The number of ether oxygens (including phenoxy) is 2. The highest BCUT2D eigenvalue weighted by Crippen LogP contribution is 2.36. The number of alkyl halides is 2. The van der Waals surface area contributed by atoms with Crippen molar-refractivity contribution >= 4 is 11.7 Å². The molecule has 1 N–H and O–H groups in total. The van der Waals surface area contributed by atoms with Gasteiger partial charge >= 0.3 is 6.61 Å². The summed E-state index contributed by atoms with van der Waals surface area (Å²) < 4.78 is 48.3. The first-order chi connectivity index (χ1) is 14.0. The lowest BCUT2D eigenvalue weighted by atomic mass is 9.81. The average molecular weight is 407 g/mol. The van der Waals surface area contributed by atoms with E-state index in [2.05, 4.69) is 19.9 Å². The highest BCUT2D eigenvalue weighted by Gasteiger charge is 2.39. The standard InChI is InChI=1S/C20H20F3N3O3/c21-13-4-5-16(29-20(22)23)17(9-13)28-15-7-12(8-15)19(27)25-14-10-26(11-14)18-3-1-2-6-24-18/h1-6,9,12,14-15,20H,7-8,10-11H2,(H,25,27)/t12-,15-. The molecular weight excluding hydrogens is 387 g/mol. The van der Waals surface area contributed by atoms with Gasteiger partial charge in [0.25, 0.3) is 0 Å². The number of benzene rings is 1. The molecule has 9 heteroatoms. The molecule has 1 saturated carbocycles. The number of pyridine rings is 1. The average Bonchev–Trinajstić information content (AvgIpc) is 2.62. The zero-order valence-corrected chi connectivity index (χ0v) is 15.4. The molecule has 1 saturated heterocycles. The van der Waals surface area contributed by atoms with Crippen molar-refractivity contribution in [3.63, 3.8) is 0 Å². The molecule has 0 atom stereocenters. The summed E-state index contributed by atoms with van der Waals surface area (Å²) in [5, 5.41) is 3.00. The Balaban J connectivity index is 1.23. The van der Waals surface area contributed by atoms with Crippen LogP contribution in [0.5, 0.6) is 11.5 Å². The van der Waals surface area contributed by atoms with Crippen molar-refractivity contribution in [2.24, 2.45) is 5.92 Å². The first-order valence-electron chi connectivity index (χ1n) is 9.35. The number of carbonyl (C=O) groups excluding carboxylic acids is 1.